The fourth-order valence-electron chi connectivity index (χ4n) is 1.96. The average molecular weight is 420 g/mol. The Balaban J connectivity index is 2.20. The number of carboxylic acid groups (broad SMARTS) is 1. The molecule has 0 spiro atoms. The van der Waals surface area contributed by atoms with E-state index in [0.29, 0.717) is 0 Å². The van der Waals surface area contributed by atoms with Crippen molar-refractivity contribution >= 4 is 16.1 Å². The number of halogens is 3. The number of benzene rings is 1. The second-order valence-electron chi connectivity index (χ2n) is 5.48. The highest BCUT2D eigenvalue weighted by Crippen LogP contribution is 2.29. The van der Waals surface area contributed by atoms with Crippen LogP contribution in [0.2, 0.25) is 0 Å². The molecule has 1 amide bonds. The number of nitrogens with zero attached hydrogens (tertiary/aromatic N) is 3. The minimum Gasteiger partial charge on any atom is -0.464 e. The lowest BCUT2D eigenvalue weighted by molar-refractivity contribution is -0.145. The third kappa shape index (κ3) is 5.29. The van der Waals surface area contributed by atoms with E-state index < -0.39 is 33.9 Å². The summed E-state index contributed by atoms with van der Waals surface area (Å²) in [6, 6.07) is 6.43. The fraction of sp³-hybridized carbons (Fsp3) is 0.267. The largest absolute Gasteiger partial charge is 0.464 e. The van der Waals surface area contributed by atoms with Crippen molar-refractivity contribution in [3.8, 4) is 11.6 Å². The summed E-state index contributed by atoms with van der Waals surface area (Å²) in [7, 11) is -3.18. The van der Waals surface area contributed by atoms with E-state index in [4.69, 9.17) is 15.6 Å². The Morgan fingerprint density at radius 3 is 2.36 bits per heavy atom. The molecule has 152 valence electrons. The lowest BCUT2D eigenvalue weighted by Crippen LogP contribution is -2.32. The molecule has 0 saturated carbocycles. The van der Waals surface area contributed by atoms with Gasteiger partial charge in [0.25, 0.3) is 0 Å². The Bertz CT molecular complexity index is 965. The molecule has 0 radical (unpaired) electrons. The molecular weight excluding hydrogens is 405 g/mol. The second-order valence-corrected chi connectivity index (χ2v) is 7.48. The van der Waals surface area contributed by atoms with Crippen molar-refractivity contribution in [1.29, 1.82) is 0 Å². The molecule has 0 aliphatic heterocycles. The third-order valence-corrected chi connectivity index (χ3v) is 5.09. The molecule has 0 aliphatic rings. The number of amides is 1. The maximum absolute atomic E-state index is 12.8. The number of nitrogens with two attached hydrogens (primary N) is 1. The van der Waals surface area contributed by atoms with Gasteiger partial charge in [0.2, 0.25) is 21.7 Å². The molecule has 0 fully saturated rings. The lowest BCUT2D eigenvalue weighted by atomic mass is 10.2. The van der Waals surface area contributed by atoms with Gasteiger partial charge >= 0.3 is 12.3 Å². The SMILES string of the molecule is CN(C(=O)O)S(=O)(=O)Cc1ccc(Oc2cc(CN)nc(C(F)(F)F)n2)cc1. The monoisotopic (exact) mass is 420 g/mol. The molecule has 0 aliphatic carbocycles. The van der Waals surface area contributed by atoms with Crippen LogP contribution in [-0.4, -0.2) is 40.9 Å². The first-order valence-corrected chi connectivity index (χ1v) is 9.15. The Kier molecular flexibility index (Phi) is 6.09. The molecule has 0 saturated heterocycles. The average Bonchev–Trinajstić information content (AvgIpc) is 2.61. The van der Waals surface area contributed by atoms with Crippen molar-refractivity contribution in [2.45, 2.75) is 18.5 Å². The third-order valence-electron chi connectivity index (χ3n) is 3.40. The van der Waals surface area contributed by atoms with Crippen LogP contribution >= 0.6 is 0 Å². The van der Waals surface area contributed by atoms with Crippen molar-refractivity contribution in [2.75, 3.05) is 7.05 Å². The highest BCUT2D eigenvalue weighted by molar-refractivity contribution is 7.88. The molecule has 2 rings (SSSR count). The number of hydrogen-bond acceptors (Lipinski definition) is 7. The van der Waals surface area contributed by atoms with Crippen molar-refractivity contribution in [2.24, 2.45) is 5.73 Å². The molecule has 1 aromatic carbocycles. The van der Waals surface area contributed by atoms with Gasteiger partial charge in [-0.25, -0.2) is 22.5 Å². The molecule has 28 heavy (non-hydrogen) atoms. The molecule has 0 bridgehead atoms. The molecule has 3 N–H and O–H groups in total. The van der Waals surface area contributed by atoms with Gasteiger partial charge in [-0.05, 0) is 17.7 Å². The van der Waals surface area contributed by atoms with Crippen molar-refractivity contribution < 1.29 is 36.2 Å². The van der Waals surface area contributed by atoms with E-state index in [1.165, 1.54) is 24.3 Å². The summed E-state index contributed by atoms with van der Waals surface area (Å²) in [5, 5.41) is 8.75. The maximum atomic E-state index is 12.8. The summed E-state index contributed by atoms with van der Waals surface area (Å²) in [6.45, 7) is -0.254. The van der Waals surface area contributed by atoms with Gasteiger partial charge in [0, 0.05) is 19.7 Å². The number of hydrogen-bond donors (Lipinski definition) is 2. The number of ether oxygens (including phenoxy) is 1. The fourth-order valence-corrected chi connectivity index (χ4v) is 3.00. The van der Waals surface area contributed by atoms with E-state index >= 15 is 0 Å². The molecule has 1 heterocycles. The predicted molar refractivity (Wildman–Crippen MR) is 89.9 cm³/mol. The first-order chi connectivity index (χ1) is 12.9. The summed E-state index contributed by atoms with van der Waals surface area (Å²) in [5.74, 6) is -2.28. The highest BCUT2D eigenvalue weighted by atomic mass is 32.2. The van der Waals surface area contributed by atoms with E-state index in [-0.39, 0.29) is 33.7 Å². The topological polar surface area (TPSA) is 136 Å². The zero-order valence-electron chi connectivity index (χ0n) is 14.3. The van der Waals surface area contributed by atoms with E-state index in [2.05, 4.69) is 9.97 Å². The number of sulfonamides is 1. The molecule has 1 aromatic heterocycles. The lowest BCUT2D eigenvalue weighted by Gasteiger charge is -2.14. The summed E-state index contributed by atoms with van der Waals surface area (Å²) >= 11 is 0. The van der Waals surface area contributed by atoms with Crippen LogP contribution in [0.25, 0.3) is 0 Å². The Morgan fingerprint density at radius 2 is 1.86 bits per heavy atom. The first-order valence-electron chi connectivity index (χ1n) is 7.54. The summed E-state index contributed by atoms with van der Waals surface area (Å²) < 4.78 is 67.7. The summed E-state index contributed by atoms with van der Waals surface area (Å²) in [6.07, 6.45) is -6.41. The highest BCUT2D eigenvalue weighted by Gasteiger charge is 2.35. The molecule has 9 nitrogen and oxygen atoms in total. The number of aromatic nitrogens is 2. The number of rotatable bonds is 6. The predicted octanol–water partition coefficient (Wildman–Crippen LogP) is 2.19. The van der Waals surface area contributed by atoms with Gasteiger partial charge in [0.05, 0.1) is 11.4 Å². The van der Waals surface area contributed by atoms with Gasteiger partial charge in [-0.15, -0.1) is 0 Å². The Morgan fingerprint density at radius 1 is 1.25 bits per heavy atom. The zero-order chi connectivity index (χ0) is 21.1. The molecular formula is C15H15F3N4O5S. The molecule has 0 unspecified atom stereocenters. The van der Waals surface area contributed by atoms with Crippen LogP contribution in [0.3, 0.4) is 0 Å². The second kappa shape index (κ2) is 7.98. The number of carbonyl (C=O) groups is 1. The van der Waals surface area contributed by atoms with Crippen LogP contribution < -0.4 is 10.5 Å². The van der Waals surface area contributed by atoms with Gasteiger partial charge in [-0.2, -0.15) is 18.2 Å². The van der Waals surface area contributed by atoms with E-state index in [0.717, 1.165) is 13.1 Å². The van der Waals surface area contributed by atoms with Crippen LogP contribution in [-0.2, 0) is 28.5 Å². The van der Waals surface area contributed by atoms with Gasteiger partial charge < -0.3 is 15.6 Å². The van der Waals surface area contributed by atoms with Gasteiger partial charge in [-0.1, -0.05) is 12.1 Å². The van der Waals surface area contributed by atoms with Crippen LogP contribution in [0.15, 0.2) is 30.3 Å². The van der Waals surface area contributed by atoms with Gasteiger partial charge in [0.1, 0.15) is 5.75 Å². The molecule has 2 aromatic rings. The minimum absolute atomic E-state index is 0.0725. The maximum Gasteiger partial charge on any atom is 0.451 e. The van der Waals surface area contributed by atoms with E-state index in [1.807, 2.05) is 0 Å². The quantitative estimate of drug-likeness (QED) is 0.726. The zero-order valence-corrected chi connectivity index (χ0v) is 15.2. The summed E-state index contributed by atoms with van der Waals surface area (Å²) in [5.41, 5.74) is 5.51. The van der Waals surface area contributed by atoms with Gasteiger partial charge in [0.15, 0.2) is 0 Å². The van der Waals surface area contributed by atoms with Gasteiger partial charge in [-0.3, -0.25) is 0 Å². The van der Waals surface area contributed by atoms with Crippen molar-refractivity contribution in [1.82, 2.24) is 14.3 Å². The number of alkyl halides is 3. The molecule has 13 heteroatoms. The minimum atomic E-state index is -4.78. The van der Waals surface area contributed by atoms with E-state index in [9.17, 15) is 26.4 Å². The van der Waals surface area contributed by atoms with Crippen LogP contribution in [0, 0.1) is 0 Å². The Hall–Kier alpha value is -2.93. The van der Waals surface area contributed by atoms with Crippen LogP contribution in [0.4, 0.5) is 18.0 Å². The first kappa shape index (κ1) is 21.4. The van der Waals surface area contributed by atoms with Crippen molar-refractivity contribution in [3.63, 3.8) is 0 Å². The smallest absolute Gasteiger partial charge is 0.451 e. The van der Waals surface area contributed by atoms with Crippen LogP contribution in [0.1, 0.15) is 17.1 Å². The summed E-state index contributed by atoms with van der Waals surface area (Å²) in [4.78, 5) is 17.3. The molecule has 0 atom stereocenters. The Labute approximate surface area is 157 Å². The van der Waals surface area contributed by atoms with E-state index in [1.54, 1.807) is 0 Å². The standard InChI is InChI=1S/C15H15F3N4O5S/c1-22(14(23)24)28(25,26)8-9-2-4-11(5-3-9)27-12-6-10(7-19)20-13(21-12)15(16,17)18/h2-6H,7-8,19H2,1H3,(H,23,24). The van der Waals surface area contributed by atoms with Crippen molar-refractivity contribution in [3.05, 3.63) is 47.4 Å². The normalized spacial score (nSPS) is 11.9. The van der Waals surface area contributed by atoms with Crippen LogP contribution in [0.5, 0.6) is 11.6 Å².